The zero-order chi connectivity index (χ0) is 16.9. The van der Waals surface area contributed by atoms with Gasteiger partial charge in [-0.2, -0.15) is 5.26 Å². The third-order valence-electron chi connectivity index (χ3n) is 4.54. The van der Waals surface area contributed by atoms with Crippen LogP contribution in [0, 0.1) is 17.2 Å². The molecule has 1 saturated carbocycles. The van der Waals surface area contributed by atoms with Crippen LogP contribution in [0.5, 0.6) is 0 Å². The molecule has 2 amide bonds. The maximum Gasteiger partial charge on any atom is 0.322 e. The number of para-hydroxylation sites is 1. The lowest BCUT2D eigenvalue weighted by Gasteiger charge is -2.30. The Morgan fingerprint density at radius 2 is 1.88 bits per heavy atom. The number of carbonyl (C=O) groups excluding carboxylic acids is 1. The smallest absolute Gasteiger partial charge is 0.317 e. The molecule has 3 rings (SSSR count). The van der Waals surface area contributed by atoms with Gasteiger partial charge in [-0.05, 0) is 43.4 Å². The van der Waals surface area contributed by atoms with E-state index in [4.69, 9.17) is 0 Å². The number of nitrogens with one attached hydrogen (secondary N) is 1. The van der Waals surface area contributed by atoms with Gasteiger partial charge in [0, 0.05) is 12.6 Å². The molecule has 1 atom stereocenters. The van der Waals surface area contributed by atoms with Gasteiger partial charge < -0.3 is 10.2 Å². The van der Waals surface area contributed by atoms with E-state index in [0.717, 1.165) is 5.56 Å². The Labute approximate surface area is 142 Å². The first kappa shape index (κ1) is 16.1. The van der Waals surface area contributed by atoms with Gasteiger partial charge in [-0.25, -0.2) is 4.79 Å². The van der Waals surface area contributed by atoms with Crippen LogP contribution in [0.25, 0.3) is 0 Å². The Morgan fingerprint density at radius 3 is 2.54 bits per heavy atom. The van der Waals surface area contributed by atoms with Crippen LogP contribution in [0.4, 0.5) is 10.5 Å². The molecule has 0 aromatic heterocycles. The van der Waals surface area contributed by atoms with Gasteiger partial charge in [0.2, 0.25) is 0 Å². The minimum atomic E-state index is -0.152. The molecule has 1 aliphatic carbocycles. The normalized spacial score (nSPS) is 14.5. The van der Waals surface area contributed by atoms with Crippen LogP contribution in [0.15, 0.2) is 54.6 Å². The lowest BCUT2D eigenvalue weighted by Crippen LogP contribution is -2.42. The van der Waals surface area contributed by atoms with Crippen molar-refractivity contribution in [3.63, 3.8) is 0 Å². The third kappa shape index (κ3) is 3.75. The van der Waals surface area contributed by atoms with Crippen LogP contribution >= 0.6 is 0 Å². The van der Waals surface area contributed by atoms with Gasteiger partial charge in [0.15, 0.2) is 0 Å². The van der Waals surface area contributed by atoms with Gasteiger partial charge in [-0.3, -0.25) is 0 Å². The fraction of sp³-hybridized carbons (Fsp3) is 0.300. The van der Waals surface area contributed by atoms with E-state index in [1.54, 1.807) is 18.2 Å². The molecule has 0 bridgehead atoms. The summed E-state index contributed by atoms with van der Waals surface area (Å²) in [7, 11) is 0. The molecule has 1 fully saturated rings. The van der Waals surface area contributed by atoms with Crippen molar-refractivity contribution in [1.29, 1.82) is 5.26 Å². The number of hydrogen-bond acceptors (Lipinski definition) is 2. The highest BCUT2D eigenvalue weighted by Crippen LogP contribution is 2.36. The van der Waals surface area contributed by atoms with Crippen molar-refractivity contribution in [3.05, 3.63) is 65.7 Å². The van der Waals surface area contributed by atoms with Crippen LogP contribution in [0.3, 0.4) is 0 Å². The molecule has 4 heteroatoms. The maximum absolute atomic E-state index is 12.9. The number of anilines is 1. The van der Waals surface area contributed by atoms with E-state index in [0.29, 0.717) is 23.7 Å². The first-order valence-electron chi connectivity index (χ1n) is 8.29. The second-order valence-electron chi connectivity index (χ2n) is 6.28. The fourth-order valence-corrected chi connectivity index (χ4v) is 2.89. The van der Waals surface area contributed by atoms with Gasteiger partial charge in [0.25, 0.3) is 0 Å². The number of benzene rings is 2. The van der Waals surface area contributed by atoms with Gasteiger partial charge in [0.05, 0.1) is 11.3 Å². The van der Waals surface area contributed by atoms with Crippen molar-refractivity contribution in [3.8, 4) is 6.07 Å². The molecule has 1 unspecified atom stereocenters. The van der Waals surface area contributed by atoms with Crippen molar-refractivity contribution in [2.45, 2.75) is 32.4 Å². The first-order chi connectivity index (χ1) is 11.7. The molecular weight excluding hydrogens is 298 g/mol. The summed E-state index contributed by atoms with van der Waals surface area (Å²) >= 11 is 0. The number of nitriles is 1. The Kier molecular flexibility index (Phi) is 4.81. The lowest BCUT2D eigenvalue weighted by atomic mass is 10.1. The fourth-order valence-electron chi connectivity index (χ4n) is 2.89. The molecule has 0 aliphatic heterocycles. The monoisotopic (exact) mass is 319 g/mol. The Hall–Kier alpha value is -2.80. The number of nitrogens with zero attached hydrogens (tertiary/aromatic N) is 2. The predicted octanol–water partition coefficient (Wildman–Crippen LogP) is 4.39. The molecular formula is C20H21N3O. The standard InChI is InChI=1S/C20H21N3O/c1-15(17-11-12-17)23(14-16-7-3-2-4-8-16)20(24)22-19-10-6-5-9-18(19)13-21/h2-10,15,17H,11-12,14H2,1H3,(H,22,24). The number of amides is 2. The van der Waals surface area contributed by atoms with Gasteiger partial charge >= 0.3 is 6.03 Å². The van der Waals surface area contributed by atoms with Crippen molar-refractivity contribution in [2.24, 2.45) is 5.92 Å². The average molecular weight is 319 g/mol. The molecule has 2 aromatic carbocycles. The molecule has 0 spiro atoms. The SMILES string of the molecule is CC(C1CC1)N(Cc1ccccc1)C(=O)Nc1ccccc1C#N. The van der Waals surface area contributed by atoms with Crippen LogP contribution in [-0.4, -0.2) is 17.0 Å². The summed E-state index contributed by atoms with van der Waals surface area (Å²) in [5.74, 6) is 0.575. The second-order valence-corrected chi connectivity index (χ2v) is 6.28. The number of hydrogen-bond donors (Lipinski definition) is 1. The van der Waals surface area contributed by atoms with Crippen molar-refractivity contribution >= 4 is 11.7 Å². The summed E-state index contributed by atoms with van der Waals surface area (Å²) in [5, 5.41) is 12.1. The summed E-state index contributed by atoms with van der Waals surface area (Å²) in [4.78, 5) is 14.7. The zero-order valence-electron chi connectivity index (χ0n) is 13.8. The summed E-state index contributed by atoms with van der Waals surface area (Å²) < 4.78 is 0. The van der Waals surface area contributed by atoms with Gasteiger partial charge in [-0.15, -0.1) is 0 Å². The van der Waals surface area contributed by atoms with Crippen LogP contribution in [0.1, 0.15) is 30.9 Å². The van der Waals surface area contributed by atoms with E-state index in [9.17, 15) is 10.1 Å². The minimum Gasteiger partial charge on any atom is -0.317 e. The summed E-state index contributed by atoms with van der Waals surface area (Å²) in [6.45, 7) is 2.68. The highest BCUT2D eigenvalue weighted by molar-refractivity contribution is 5.91. The number of rotatable bonds is 5. The van der Waals surface area contributed by atoms with Crippen LogP contribution in [0.2, 0.25) is 0 Å². The quantitative estimate of drug-likeness (QED) is 0.888. The molecule has 0 saturated heterocycles. The third-order valence-corrected chi connectivity index (χ3v) is 4.54. The average Bonchev–Trinajstić information content (AvgIpc) is 3.45. The maximum atomic E-state index is 12.9. The molecule has 2 aromatic rings. The molecule has 24 heavy (non-hydrogen) atoms. The molecule has 0 radical (unpaired) electrons. The number of carbonyl (C=O) groups is 1. The van der Waals surface area contributed by atoms with Crippen molar-refractivity contribution in [2.75, 3.05) is 5.32 Å². The van der Waals surface area contributed by atoms with Gasteiger partial charge in [-0.1, -0.05) is 42.5 Å². The van der Waals surface area contributed by atoms with Crippen LogP contribution < -0.4 is 5.32 Å². The molecule has 1 N–H and O–H groups in total. The highest BCUT2D eigenvalue weighted by atomic mass is 16.2. The predicted molar refractivity (Wildman–Crippen MR) is 94.3 cm³/mol. The van der Waals surface area contributed by atoms with E-state index in [2.05, 4.69) is 18.3 Å². The van der Waals surface area contributed by atoms with E-state index < -0.39 is 0 Å². The Morgan fingerprint density at radius 1 is 1.21 bits per heavy atom. The minimum absolute atomic E-state index is 0.152. The van der Waals surface area contributed by atoms with Crippen molar-refractivity contribution < 1.29 is 4.79 Å². The van der Waals surface area contributed by atoms with Gasteiger partial charge in [0.1, 0.15) is 6.07 Å². The molecule has 1 aliphatic rings. The second kappa shape index (κ2) is 7.18. The number of urea groups is 1. The molecule has 4 nitrogen and oxygen atoms in total. The van der Waals surface area contributed by atoms with E-state index in [1.165, 1.54) is 12.8 Å². The highest BCUT2D eigenvalue weighted by Gasteiger charge is 2.34. The largest absolute Gasteiger partial charge is 0.322 e. The summed E-state index contributed by atoms with van der Waals surface area (Å²) in [6, 6.07) is 19.2. The summed E-state index contributed by atoms with van der Waals surface area (Å²) in [5.41, 5.74) is 2.14. The van der Waals surface area contributed by atoms with E-state index >= 15 is 0 Å². The molecule has 0 heterocycles. The Balaban J connectivity index is 1.79. The zero-order valence-corrected chi connectivity index (χ0v) is 13.8. The van der Waals surface area contributed by atoms with Crippen molar-refractivity contribution in [1.82, 2.24) is 4.90 Å². The molecule has 122 valence electrons. The first-order valence-corrected chi connectivity index (χ1v) is 8.29. The lowest BCUT2D eigenvalue weighted by molar-refractivity contribution is 0.181. The summed E-state index contributed by atoms with van der Waals surface area (Å²) in [6.07, 6.45) is 2.35. The van der Waals surface area contributed by atoms with E-state index in [-0.39, 0.29) is 12.1 Å². The topological polar surface area (TPSA) is 56.1 Å². The van der Waals surface area contributed by atoms with E-state index in [1.807, 2.05) is 41.3 Å². The van der Waals surface area contributed by atoms with Crippen LogP contribution in [-0.2, 0) is 6.54 Å². The Bertz CT molecular complexity index is 747.